The molecular weight excluding hydrogens is 141 g/mol. The van der Waals surface area contributed by atoms with E-state index in [1.165, 1.54) is 0 Å². The molecule has 60 valence electrons. The lowest BCUT2D eigenvalue weighted by molar-refractivity contribution is 0.425. The van der Waals surface area contributed by atoms with Crippen LogP contribution in [0.15, 0.2) is 18.5 Å². The van der Waals surface area contributed by atoms with Crippen LogP contribution in [-0.2, 0) is 0 Å². The van der Waals surface area contributed by atoms with E-state index in [0.717, 1.165) is 0 Å². The summed E-state index contributed by atoms with van der Waals surface area (Å²) in [4.78, 5) is 0. The first-order valence-electron chi connectivity index (χ1n) is 3.65. The van der Waals surface area contributed by atoms with Crippen LogP contribution in [0.2, 0.25) is 0 Å². The van der Waals surface area contributed by atoms with Gasteiger partial charge in [-0.05, 0) is 25.4 Å². The molecule has 0 saturated heterocycles. The highest BCUT2D eigenvalue weighted by molar-refractivity contribution is 6.58. The second-order valence-electron chi connectivity index (χ2n) is 2.86. The van der Waals surface area contributed by atoms with Crippen LogP contribution < -0.4 is 5.46 Å². The molecule has 0 unspecified atom stereocenters. The van der Waals surface area contributed by atoms with Crippen LogP contribution in [0.4, 0.5) is 0 Å². The van der Waals surface area contributed by atoms with Gasteiger partial charge in [-0.2, -0.15) is 0 Å². The van der Waals surface area contributed by atoms with Crippen molar-refractivity contribution < 1.29 is 10.0 Å². The molecule has 0 aliphatic rings. The van der Waals surface area contributed by atoms with E-state index in [9.17, 15) is 0 Å². The van der Waals surface area contributed by atoms with Gasteiger partial charge in [0, 0.05) is 18.4 Å². The maximum atomic E-state index is 8.76. The van der Waals surface area contributed by atoms with Gasteiger partial charge in [0.25, 0.3) is 0 Å². The van der Waals surface area contributed by atoms with Crippen molar-refractivity contribution in [2.75, 3.05) is 0 Å². The molecule has 0 fully saturated rings. The van der Waals surface area contributed by atoms with Gasteiger partial charge in [0.05, 0.1) is 0 Å². The first kappa shape index (κ1) is 8.36. The van der Waals surface area contributed by atoms with Gasteiger partial charge >= 0.3 is 7.12 Å². The monoisotopic (exact) mass is 153 g/mol. The number of rotatable bonds is 2. The van der Waals surface area contributed by atoms with Crippen LogP contribution in [0.5, 0.6) is 0 Å². The highest BCUT2D eigenvalue weighted by Crippen LogP contribution is 2.01. The SMILES string of the molecule is CC(C)n1ccc(B(O)O)c1. The minimum Gasteiger partial charge on any atom is -0.423 e. The van der Waals surface area contributed by atoms with Gasteiger partial charge in [-0.15, -0.1) is 0 Å². The van der Waals surface area contributed by atoms with E-state index in [0.29, 0.717) is 11.5 Å². The molecular formula is C7H12BNO2. The van der Waals surface area contributed by atoms with Gasteiger partial charge in [-0.3, -0.25) is 0 Å². The summed E-state index contributed by atoms with van der Waals surface area (Å²) in [5, 5.41) is 17.5. The first-order valence-corrected chi connectivity index (χ1v) is 3.65. The fraction of sp³-hybridized carbons (Fsp3) is 0.429. The number of hydrogen-bond acceptors (Lipinski definition) is 2. The van der Waals surface area contributed by atoms with Crippen molar-refractivity contribution in [1.82, 2.24) is 4.57 Å². The van der Waals surface area contributed by atoms with E-state index in [2.05, 4.69) is 0 Å². The molecule has 1 aromatic heterocycles. The quantitative estimate of drug-likeness (QED) is 0.575. The summed E-state index contributed by atoms with van der Waals surface area (Å²) in [6, 6.07) is 2.06. The summed E-state index contributed by atoms with van der Waals surface area (Å²) in [7, 11) is -1.35. The van der Waals surface area contributed by atoms with E-state index >= 15 is 0 Å². The summed E-state index contributed by atoms with van der Waals surface area (Å²) in [6.07, 6.45) is 3.56. The lowest BCUT2D eigenvalue weighted by atomic mass is 9.83. The van der Waals surface area contributed by atoms with E-state index in [4.69, 9.17) is 10.0 Å². The molecule has 0 bridgehead atoms. The van der Waals surface area contributed by atoms with Crippen molar-refractivity contribution in [2.24, 2.45) is 0 Å². The molecule has 1 heterocycles. The van der Waals surface area contributed by atoms with Crippen molar-refractivity contribution >= 4 is 12.6 Å². The number of hydrogen-bond donors (Lipinski definition) is 2. The van der Waals surface area contributed by atoms with Crippen molar-refractivity contribution in [3.63, 3.8) is 0 Å². The molecule has 4 heteroatoms. The van der Waals surface area contributed by atoms with Gasteiger partial charge in [0.15, 0.2) is 0 Å². The van der Waals surface area contributed by atoms with Crippen LogP contribution in [0, 0.1) is 0 Å². The molecule has 11 heavy (non-hydrogen) atoms. The number of nitrogens with zero attached hydrogens (tertiary/aromatic N) is 1. The van der Waals surface area contributed by atoms with Crippen LogP contribution in [-0.4, -0.2) is 21.7 Å². The summed E-state index contributed by atoms with van der Waals surface area (Å²) in [5.74, 6) is 0. The molecule has 1 rings (SSSR count). The third-order valence-electron chi connectivity index (χ3n) is 1.63. The third-order valence-corrected chi connectivity index (χ3v) is 1.63. The van der Waals surface area contributed by atoms with Crippen LogP contribution >= 0.6 is 0 Å². The average Bonchev–Trinajstić information content (AvgIpc) is 2.33. The van der Waals surface area contributed by atoms with Gasteiger partial charge in [-0.25, -0.2) is 0 Å². The molecule has 1 aromatic rings. The zero-order valence-corrected chi connectivity index (χ0v) is 6.73. The summed E-state index contributed by atoms with van der Waals surface area (Å²) < 4.78 is 1.93. The molecule has 2 N–H and O–H groups in total. The Morgan fingerprint density at radius 2 is 2.09 bits per heavy atom. The van der Waals surface area contributed by atoms with E-state index in [1.54, 1.807) is 12.3 Å². The molecule has 0 atom stereocenters. The molecule has 0 spiro atoms. The lowest BCUT2D eigenvalue weighted by Crippen LogP contribution is -2.28. The van der Waals surface area contributed by atoms with E-state index < -0.39 is 7.12 Å². The maximum Gasteiger partial charge on any atom is 0.489 e. The van der Waals surface area contributed by atoms with Crippen molar-refractivity contribution in [3.05, 3.63) is 18.5 Å². The summed E-state index contributed by atoms with van der Waals surface area (Å²) in [5.41, 5.74) is 0.540. The summed E-state index contributed by atoms with van der Waals surface area (Å²) in [6.45, 7) is 4.07. The fourth-order valence-electron chi connectivity index (χ4n) is 0.904. The Hall–Kier alpha value is -0.735. The summed E-state index contributed by atoms with van der Waals surface area (Å²) >= 11 is 0. The molecule has 0 amide bonds. The Kier molecular flexibility index (Phi) is 2.36. The largest absolute Gasteiger partial charge is 0.489 e. The zero-order valence-electron chi connectivity index (χ0n) is 6.73. The second kappa shape index (κ2) is 3.11. The minimum absolute atomic E-state index is 0.363. The van der Waals surface area contributed by atoms with E-state index in [-0.39, 0.29) is 0 Å². The molecule has 0 aromatic carbocycles. The van der Waals surface area contributed by atoms with E-state index in [1.807, 2.05) is 24.6 Å². The second-order valence-corrected chi connectivity index (χ2v) is 2.86. The van der Waals surface area contributed by atoms with Gasteiger partial charge in [0.2, 0.25) is 0 Å². The molecule has 3 nitrogen and oxygen atoms in total. The Labute approximate surface area is 66.4 Å². The fourth-order valence-corrected chi connectivity index (χ4v) is 0.904. The average molecular weight is 153 g/mol. The van der Waals surface area contributed by atoms with Crippen molar-refractivity contribution in [2.45, 2.75) is 19.9 Å². The first-order chi connectivity index (χ1) is 5.11. The lowest BCUT2D eigenvalue weighted by Gasteiger charge is -2.05. The molecule has 0 saturated carbocycles. The van der Waals surface area contributed by atoms with Gasteiger partial charge in [-0.1, -0.05) is 0 Å². The Morgan fingerprint density at radius 3 is 2.36 bits per heavy atom. The maximum absolute atomic E-state index is 8.76. The highest BCUT2D eigenvalue weighted by Gasteiger charge is 2.12. The van der Waals surface area contributed by atoms with Gasteiger partial charge in [0.1, 0.15) is 0 Å². The van der Waals surface area contributed by atoms with Crippen LogP contribution in [0.3, 0.4) is 0 Å². The normalized spacial score (nSPS) is 10.6. The predicted octanol–water partition coefficient (Wildman–Crippen LogP) is -0.251. The molecule has 0 aliphatic carbocycles. The molecule has 0 radical (unpaired) electrons. The Morgan fingerprint density at radius 1 is 1.45 bits per heavy atom. The Balaban J connectivity index is 2.82. The predicted molar refractivity (Wildman–Crippen MR) is 44.6 cm³/mol. The standard InChI is InChI=1S/C7H12BNO2/c1-6(2)9-4-3-7(5-9)8(10)11/h3-6,10-11H,1-2H3. The van der Waals surface area contributed by atoms with Crippen molar-refractivity contribution in [3.8, 4) is 0 Å². The van der Waals surface area contributed by atoms with Crippen molar-refractivity contribution in [1.29, 1.82) is 0 Å². The molecule has 0 aliphatic heterocycles. The third kappa shape index (κ3) is 1.85. The van der Waals surface area contributed by atoms with Crippen LogP contribution in [0.25, 0.3) is 0 Å². The topological polar surface area (TPSA) is 45.4 Å². The number of aromatic nitrogens is 1. The Bertz CT molecular complexity index is 210. The van der Waals surface area contributed by atoms with Gasteiger partial charge < -0.3 is 14.6 Å². The van der Waals surface area contributed by atoms with Crippen LogP contribution in [0.1, 0.15) is 19.9 Å². The zero-order chi connectivity index (χ0) is 8.43. The highest BCUT2D eigenvalue weighted by atomic mass is 16.4. The minimum atomic E-state index is -1.35. The smallest absolute Gasteiger partial charge is 0.423 e.